The van der Waals surface area contributed by atoms with E-state index in [0.717, 1.165) is 79.1 Å². The first-order chi connectivity index (χ1) is 45.7. The monoisotopic (exact) mass is 1400 g/mol. The summed E-state index contributed by atoms with van der Waals surface area (Å²) in [6, 6.07) is 2.12. The maximum atomic E-state index is 11.5. The number of carbonyl (C=O) groups is 4. The van der Waals surface area contributed by atoms with E-state index < -0.39 is 17.7 Å². The second kappa shape index (κ2) is 44.4. The number of carbonyl (C=O) groups excluding carboxylic acids is 4. The van der Waals surface area contributed by atoms with Crippen molar-refractivity contribution in [3.63, 3.8) is 0 Å². The van der Waals surface area contributed by atoms with Crippen molar-refractivity contribution in [1.82, 2.24) is 0 Å². The van der Waals surface area contributed by atoms with Crippen LogP contribution in [0.4, 0.5) is 9.59 Å². The molecule has 0 fully saturated rings. The molecule has 9 heterocycles. The van der Waals surface area contributed by atoms with Crippen molar-refractivity contribution >= 4 is 80.9 Å². The number of thiophene rings is 5. The van der Waals surface area contributed by atoms with Crippen LogP contribution in [0.15, 0.2) is 136 Å². The molecule has 0 spiro atoms. The number of hydrogen-bond acceptors (Lipinski definition) is 24. The minimum atomic E-state index is -0.732. The number of fused-ring (bicyclic) bond motifs is 4. The number of unbranched alkanes of at least 4 members (excludes halogenated alkanes) is 8. The predicted molar refractivity (Wildman–Crippen MR) is 371 cm³/mol. The van der Waals surface area contributed by atoms with Gasteiger partial charge in [0.15, 0.2) is 52.1 Å². The van der Waals surface area contributed by atoms with Crippen molar-refractivity contribution in [1.29, 1.82) is 0 Å². The lowest BCUT2D eigenvalue weighted by Gasteiger charge is -2.28. The third kappa shape index (κ3) is 30.0. The summed E-state index contributed by atoms with van der Waals surface area (Å²) in [5.74, 6) is 5.64. The summed E-state index contributed by atoms with van der Waals surface area (Å²) in [7, 11) is 0. The van der Waals surface area contributed by atoms with Crippen LogP contribution in [0.2, 0.25) is 0 Å². The Kier molecular flexibility index (Phi) is 36.6. The zero-order valence-corrected chi connectivity index (χ0v) is 58.3. The van der Waals surface area contributed by atoms with E-state index in [1.165, 1.54) is 91.4 Å². The minimum Gasteiger partial charge on any atom is -0.488 e. The molecule has 19 nitrogen and oxygen atoms in total. The van der Waals surface area contributed by atoms with Gasteiger partial charge in [-0.15, -0.1) is 65.1 Å². The van der Waals surface area contributed by atoms with Gasteiger partial charge >= 0.3 is 24.2 Å². The predicted octanol–water partition coefficient (Wildman–Crippen LogP) is 17.3. The van der Waals surface area contributed by atoms with Gasteiger partial charge in [0.25, 0.3) is 0 Å². The summed E-state index contributed by atoms with van der Waals surface area (Å²) in [5, 5.41) is 19.5. The van der Waals surface area contributed by atoms with Gasteiger partial charge in [-0.1, -0.05) is 95.1 Å². The first-order valence-electron chi connectivity index (χ1n) is 31.2. The maximum Gasteiger partial charge on any atom is 0.508 e. The van der Waals surface area contributed by atoms with E-state index in [2.05, 4.69) is 61.0 Å². The molecular weight excluding hydrogens is 1310 g/mol. The Morgan fingerprint density at radius 2 is 0.936 bits per heavy atom. The fraction of sp³-hybridized carbons (Fsp3) is 0.486. The van der Waals surface area contributed by atoms with E-state index in [9.17, 15) is 19.2 Å². The van der Waals surface area contributed by atoms with E-state index >= 15 is 0 Å². The number of hydrogen-bond donors (Lipinski definition) is 0. The van der Waals surface area contributed by atoms with Gasteiger partial charge < -0.3 is 71.1 Å². The lowest BCUT2D eigenvalue weighted by Crippen LogP contribution is -2.36. The fourth-order valence-corrected chi connectivity index (χ4v) is 12.1. The lowest BCUT2D eigenvalue weighted by molar-refractivity contribution is -0.148. The molecule has 0 N–H and O–H groups in total. The molecule has 4 aliphatic rings. The molecule has 0 saturated heterocycles. The SMILES string of the molecule is C=CC(=O)OCCCCCCCCCCCOCc1ccsc1.C=CCC1(CC=C)COc2cscc2OC1.C=CCCC(=O)OCC1(C)COc2cscc2OC1.C=CCOC(=O)OCC1(C)COc2cscc2OC1.C=CCOC(=O)OCC1COc2cscc2O1. The van der Waals surface area contributed by atoms with Gasteiger partial charge in [-0.25, -0.2) is 14.4 Å². The largest absolute Gasteiger partial charge is 0.508 e. The zero-order chi connectivity index (χ0) is 67.5. The highest BCUT2D eigenvalue weighted by atomic mass is 32.1. The van der Waals surface area contributed by atoms with Crippen molar-refractivity contribution < 1.29 is 90.2 Å². The molecule has 5 aromatic rings. The van der Waals surface area contributed by atoms with Crippen LogP contribution < -0.4 is 37.9 Å². The number of allylic oxidation sites excluding steroid dienone is 3. The van der Waals surface area contributed by atoms with Gasteiger partial charge in [0.2, 0.25) is 0 Å². The Labute approximate surface area is 573 Å². The lowest BCUT2D eigenvalue weighted by atomic mass is 9.83. The summed E-state index contributed by atoms with van der Waals surface area (Å²) in [6.45, 7) is 31.9. The van der Waals surface area contributed by atoms with E-state index in [1.807, 2.05) is 69.0 Å². The normalized spacial score (nSPS) is 15.3. The van der Waals surface area contributed by atoms with E-state index in [4.69, 9.17) is 66.3 Å². The highest BCUT2D eigenvalue weighted by molar-refractivity contribution is 7.09. The van der Waals surface area contributed by atoms with Crippen LogP contribution in [-0.4, -0.2) is 123 Å². The highest BCUT2D eigenvalue weighted by Gasteiger charge is 2.35. The van der Waals surface area contributed by atoms with Gasteiger partial charge in [-0.2, -0.15) is 11.3 Å². The molecule has 0 saturated carbocycles. The first-order valence-corrected chi connectivity index (χ1v) is 35.9. The van der Waals surface area contributed by atoms with Gasteiger partial charge in [0.1, 0.15) is 66.1 Å². The summed E-state index contributed by atoms with van der Waals surface area (Å²) >= 11 is 7.90. The Morgan fingerprint density at radius 3 is 1.39 bits per heavy atom. The molecule has 24 heteroatoms. The average molecular weight is 1400 g/mol. The van der Waals surface area contributed by atoms with Gasteiger partial charge in [-0.3, -0.25) is 4.79 Å². The molecule has 0 radical (unpaired) electrons. The van der Waals surface area contributed by atoms with Crippen LogP contribution in [0.1, 0.15) is 103 Å². The molecule has 0 aliphatic carbocycles. The average Bonchev–Trinajstić information content (AvgIpc) is 1.76. The van der Waals surface area contributed by atoms with Crippen molar-refractivity contribution in [2.24, 2.45) is 16.2 Å². The topological polar surface area (TPSA) is 207 Å². The molecule has 1 atom stereocenters. The minimum absolute atomic E-state index is 0.0137. The van der Waals surface area contributed by atoms with E-state index in [1.54, 1.807) is 40.1 Å². The molecule has 0 bridgehead atoms. The van der Waals surface area contributed by atoms with Crippen LogP contribution in [0.25, 0.3) is 0 Å². The molecule has 0 aromatic carbocycles. The molecule has 94 heavy (non-hydrogen) atoms. The maximum absolute atomic E-state index is 11.5. The van der Waals surface area contributed by atoms with Crippen molar-refractivity contribution in [2.75, 3.05) is 92.5 Å². The highest BCUT2D eigenvalue weighted by Crippen LogP contribution is 2.41. The fourth-order valence-electron chi connectivity index (χ4n) is 8.71. The summed E-state index contributed by atoms with van der Waals surface area (Å²) in [4.78, 5) is 44.6. The first kappa shape index (κ1) is 77.5. The molecule has 5 aromatic heterocycles. The molecule has 4 aliphatic heterocycles. The second-order valence-corrected chi connectivity index (χ2v) is 26.6. The van der Waals surface area contributed by atoms with Crippen molar-refractivity contribution in [3.05, 3.63) is 141 Å². The smallest absolute Gasteiger partial charge is 0.488 e. The van der Waals surface area contributed by atoms with E-state index in [-0.39, 0.29) is 55.3 Å². The Hall–Kier alpha value is -7.22. The Bertz CT molecular complexity index is 2850. The molecule has 1 unspecified atom stereocenters. The van der Waals surface area contributed by atoms with Crippen LogP contribution in [0.5, 0.6) is 46.0 Å². The number of ether oxygens (including phenoxy) is 15. The van der Waals surface area contributed by atoms with Crippen LogP contribution in [-0.2, 0) is 49.4 Å². The third-order valence-corrected chi connectivity index (χ3v) is 17.5. The van der Waals surface area contributed by atoms with Gasteiger partial charge in [0, 0.05) is 67.6 Å². The van der Waals surface area contributed by atoms with E-state index in [0.29, 0.717) is 78.1 Å². The second-order valence-electron chi connectivity index (χ2n) is 22.8. The molecule has 0 amide bonds. The molecular formula is C70H92O19S5. The van der Waals surface area contributed by atoms with Crippen LogP contribution >= 0.6 is 56.7 Å². The molecule has 516 valence electrons. The summed E-state index contributed by atoms with van der Waals surface area (Å²) in [5.41, 5.74) is 0.555. The number of rotatable bonds is 32. The summed E-state index contributed by atoms with van der Waals surface area (Å²) < 4.78 is 80.5. The zero-order valence-electron chi connectivity index (χ0n) is 54.2. The Balaban J connectivity index is 0.000000214. The third-order valence-electron chi connectivity index (χ3n) is 14.0. The van der Waals surface area contributed by atoms with Crippen LogP contribution in [0.3, 0.4) is 0 Å². The van der Waals surface area contributed by atoms with Crippen molar-refractivity contribution in [3.8, 4) is 46.0 Å². The van der Waals surface area contributed by atoms with Gasteiger partial charge in [-0.05, 0) is 68.3 Å². The van der Waals surface area contributed by atoms with Gasteiger partial charge in [0.05, 0.1) is 37.3 Å². The number of esters is 2. The standard InChI is InChI=1S/C19H30O3S.C14H18O4S.C13H16O5S.C13H16O2S.C11H12O5S/c1-2-19(20)22-14-11-9-7-5-3-4-6-8-10-13-21-16-18-12-15-23-17-18;1-3-4-5-13(15)18-10-14(2)8-16-11-6-19-7-12(11)17-9-14;1-3-4-15-12(14)18-9-13(2)7-16-10-5-19-6-11(10)17-8-13;1-3-5-13(6-4-2)9-14-11-7-16-8-12(11)15-10-13;1-2-3-13-11(12)15-5-8-4-14-9-6-17-7-10(9)16-8/h2,12,15,17H,1,3-11,13-14,16H2;3,6-7H,1,4-5,8-10H2,2H3;3,5-6H,1,4,7-9H2,2H3;3-4,7-8H,1-2,5-6,9-10H2;2,6-8H,1,3-5H2. The van der Waals surface area contributed by atoms with Crippen LogP contribution in [0, 0.1) is 16.2 Å². The Morgan fingerprint density at radius 1 is 0.489 bits per heavy atom. The molecule has 9 rings (SSSR count). The van der Waals surface area contributed by atoms with Crippen molar-refractivity contribution in [2.45, 2.75) is 110 Å². The quantitative estimate of drug-likeness (QED) is 0.0129. The summed E-state index contributed by atoms with van der Waals surface area (Å²) in [6.07, 6.45) is 21.7.